The lowest BCUT2D eigenvalue weighted by molar-refractivity contribution is -0.121. The minimum atomic E-state index is -0.0180. The molecule has 0 spiro atoms. The molecule has 1 amide bonds. The second-order valence-corrected chi connectivity index (χ2v) is 7.15. The highest BCUT2D eigenvalue weighted by atomic mass is 127. The number of carbonyl (C=O) groups is 1. The van der Waals surface area contributed by atoms with Gasteiger partial charge in [-0.2, -0.15) is 0 Å². The molecule has 1 aromatic heterocycles. The highest BCUT2D eigenvalue weighted by Crippen LogP contribution is 2.31. The van der Waals surface area contributed by atoms with Crippen molar-refractivity contribution in [2.75, 3.05) is 31.1 Å². The number of benzene rings is 1. The Morgan fingerprint density at radius 3 is 2.83 bits per heavy atom. The molecule has 164 valence electrons. The van der Waals surface area contributed by atoms with Gasteiger partial charge in [0.1, 0.15) is 12.3 Å². The number of nitrogens with one attached hydrogen (secondary N) is 2. The summed E-state index contributed by atoms with van der Waals surface area (Å²) in [6.07, 6.45) is 0.782. The molecule has 2 aromatic rings. The van der Waals surface area contributed by atoms with Gasteiger partial charge in [0.2, 0.25) is 0 Å². The van der Waals surface area contributed by atoms with Gasteiger partial charge in [0.15, 0.2) is 18.3 Å². The van der Waals surface area contributed by atoms with E-state index in [-0.39, 0.29) is 36.5 Å². The lowest BCUT2D eigenvalue weighted by Gasteiger charge is -2.29. The van der Waals surface area contributed by atoms with Crippen molar-refractivity contribution in [3.8, 4) is 5.75 Å². The van der Waals surface area contributed by atoms with Crippen molar-refractivity contribution >= 4 is 41.5 Å². The Kier molecular flexibility index (Phi) is 9.41. The number of halogens is 1. The van der Waals surface area contributed by atoms with E-state index in [1.165, 1.54) is 0 Å². The molecule has 0 bridgehead atoms. The number of aromatic nitrogens is 1. The first kappa shape index (κ1) is 24.0. The lowest BCUT2D eigenvalue weighted by atomic mass is 10.1. The molecular weight excluding hydrogens is 497 g/mol. The maximum Gasteiger partial charge on any atom is 0.265 e. The monoisotopic (exact) mass is 527 g/mol. The number of hydrogen-bond acceptors (Lipinski definition) is 5. The summed E-state index contributed by atoms with van der Waals surface area (Å²) in [6.45, 7) is 8.75. The van der Waals surface area contributed by atoms with E-state index in [1.54, 1.807) is 4.90 Å². The molecule has 30 heavy (non-hydrogen) atoms. The maximum absolute atomic E-state index is 12.2. The first-order valence-electron chi connectivity index (χ1n) is 10.1. The number of ether oxygens (including phenoxy) is 1. The average Bonchev–Trinajstić information content (AvgIpc) is 3.20. The third-order valence-electron chi connectivity index (χ3n) is 4.57. The first-order valence-corrected chi connectivity index (χ1v) is 10.1. The van der Waals surface area contributed by atoms with Crippen molar-refractivity contribution in [2.24, 2.45) is 4.99 Å². The van der Waals surface area contributed by atoms with Crippen LogP contribution in [0.5, 0.6) is 5.75 Å². The molecule has 2 heterocycles. The van der Waals surface area contributed by atoms with E-state index in [4.69, 9.17) is 9.26 Å². The van der Waals surface area contributed by atoms with Crippen molar-refractivity contribution in [1.82, 2.24) is 15.8 Å². The predicted molar refractivity (Wildman–Crippen MR) is 128 cm³/mol. The molecule has 3 rings (SSSR count). The Morgan fingerprint density at radius 1 is 1.30 bits per heavy atom. The van der Waals surface area contributed by atoms with E-state index < -0.39 is 0 Å². The van der Waals surface area contributed by atoms with E-state index in [0.717, 1.165) is 35.9 Å². The summed E-state index contributed by atoms with van der Waals surface area (Å²) in [5.41, 5.74) is 1.76. The SMILES string of the molecule is CCNC(=NCc1cc(C(C)C)no1)NCCCN1C(=O)COc2ccccc21.I. The van der Waals surface area contributed by atoms with Crippen LogP contribution in [0.4, 0.5) is 5.69 Å². The molecule has 1 aromatic carbocycles. The van der Waals surface area contributed by atoms with Crippen LogP contribution in [0.25, 0.3) is 0 Å². The van der Waals surface area contributed by atoms with E-state index >= 15 is 0 Å². The van der Waals surface area contributed by atoms with Crippen LogP contribution in [0.3, 0.4) is 0 Å². The molecule has 1 aliphatic heterocycles. The molecule has 0 saturated carbocycles. The number of carbonyl (C=O) groups excluding carboxylic acids is 1. The van der Waals surface area contributed by atoms with Gasteiger partial charge in [-0.3, -0.25) is 4.79 Å². The zero-order valence-corrected chi connectivity index (χ0v) is 20.0. The van der Waals surface area contributed by atoms with Gasteiger partial charge in [0, 0.05) is 25.7 Å². The Hall–Kier alpha value is -2.30. The number of rotatable bonds is 8. The number of amides is 1. The molecule has 0 radical (unpaired) electrons. The minimum Gasteiger partial charge on any atom is -0.482 e. The Morgan fingerprint density at radius 2 is 2.10 bits per heavy atom. The third-order valence-corrected chi connectivity index (χ3v) is 4.57. The summed E-state index contributed by atoms with van der Waals surface area (Å²) >= 11 is 0. The van der Waals surface area contributed by atoms with Crippen LogP contribution in [-0.2, 0) is 11.3 Å². The van der Waals surface area contributed by atoms with Crippen molar-refractivity contribution in [3.63, 3.8) is 0 Å². The van der Waals surface area contributed by atoms with Crippen molar-refractivity contribution in [2.45, 2.75) is 39.7 Å². The topological polar surface area (TPSA) is 92.0 Å². The van der Waals surface area contributed by atoms with Crippen LogP contribution >= 0.6 is 24.0 Å². The summed E-state index contributed by atoms with van der Waals surface area (Å²) in [6, 6.07) is 9.56. The van der Waals surface area contributed by atoms with Crippen LogP contribution in [0.1, 0.15) is 44.6 Å². The molecule has 1 aliphatic rings. The van der Waals surface area contributed by atoms with Gasteiger partial charge >= 0.3 is 0 Å². The molecular formula is C21H30IN5O3. The number of guanidine groups is 1. The standard InChI is InChI=1S/C21H29N5O3.HI/c1-4-22-21(24-13-16-12-17(15(2)3)25-29-16)23-10-7-11-26-18-8-5-6-9-19(18)28-14-20(26)27;/h5-6,8-9,12,15H,4,7,10-11,13-14H2,1-3H3,(H2,22,23,24);1H. The van der Waals surface area contributed by atoms with Crippen LogP contribution < -0.4 is 20.3 Å². The Labute approximate surface area is 194 Å². The van der Waals surface area contributed by atoms with E-state index in [1.807, 2.05) is 37.3 Å². The van der Waals surface area contributed by atoms with Gasteiger partial charge in [0.25, 0.3) is 5.91 Å². The van der Waals surface area contributed by atoms with E-state index in [2.05, 4.69) is 34.6 Å². The van der Waals surface area contributed by atoms with Crippen LogP contribution in [0.2, 0.25) is 0 Å². The first-order chi connectivity index (χ1) is 14.1. The van der Waals surface area contributed by atoms with Gasteiger partial charge in [-0.25, -0.2) is 4.99 Å². The zero-order valence-electron chi connectivity index (χ0n) is 17.7. The summed E-state index contributed by atoms with van der Waals surface area (Å²) in [5.74, 6) is 2.51. The predicted octanol–water partition coefficient (Wildman–Crippen LogP) is 3.29. The fourth-order valence-electron chi connectivity index (χ4n) is 3.02. The third kappa shape index (κ3) is 6.35. The Bertz CT molecular complexity index is 853. The van der Waals surface area contributed by atoms with Crippen LogP contribution in [-0.4, -0.2) is 43.3 Å². The minimum absolute atomic E-state index is 0. The second-order valence-electron chi connectivity index (χ2n) is 7.15. The number of nitrogens with zero attached hydrogens (tertiary/aromatic N) is 3. The molecule has 2 N–H and O–H groups in total. The van der Waals surface area contributed by atoms with Crippen LogP contribution in [0.15, 0.2) is 39.8 Å². The number of aliphatic imine (C=N–C) groups is 1. The van der Waals surface area contributed by atoms with Gasteiger partial charge in [-0.05, 0) is 31.4 Å². The number of hydrogen-bond donors (Lipinski definition) is 2. The highest BCUT2D eigenvalue weighted by molar-refractivity contribution is 14.0. The highest BCUT2D eigenvalue weighted by Gasteiger charge is 2.24. The molecule has 0 saturated heterocycles. The molecule has 0 unspecified atom stereocenters. The summed E-state index contributed by atoms with van der Waals surface area (Å²) in [7, 11) is 0. The molecule has 0 fully saturated rings. The lowest BCUT2D eigenvalue weighted by Crippen LogP contribution is -2.42. The second kappa shape index (κ2) is 11.8. The van der Waals surface area contributed by atoms with Gasteiger partial charge in [0.05, 0.1) is 11.4 Å². The normalized spacial score (nSPS) is 13.5. The van der Waals surface area contributed by atoms with Crippen molar-refractivity contribution in [3.05, 3.63) is 41.8 Å². The van der Waals surface area contributed by atoms with Crippen molar-refractivity contribution < 1.29 is 14.1 Å². The van der Waals surface area contributed by atoms with Gasteiger partial charge in [-0.1, -0.05) is 31.1 Å². The fraction of sp³-hybridized carbons (Fsp3) is 0.476. The Balaban J connectivity index is 0.00000320. The molecule has 0 atom stereocenters. The number of para-hydroxylation sites is 2. The maximum atomic E-state index is 12.2. The molecule has 0 aliphatic carbocycles. The summed E-state index contributed by atoms with van der Waals surface area (Å²) in [5, 5.41) is 10.6. The van der Waals surface area contributed by atoms with E-state index in [0.29, 0.717) is 31.5 Å². The van der Waals surface area contributed by atoms with E-state index in [9.17, 15) is 4.79 Å². The fourth-order valence-corrected chi connectivity index (χ4v) is 3.02. The average molecular weight is 527 g/mol. The van der Waals surface area contributed by atoms with Gasteiger partial charge < -0.3 is 24.8 Å². The number of fused-ring (bicyclic) bond motifs is 1. The van der Waals surface area contributed by atoms with Crippen molar-refractivity contribution in [1.29, 1.82) is 0 Å². The number of anilines is 1. The zero-order chi connectivity index (χ0) is 20.6. The largest absolute Gasteiger partial charge is 0.482 e. The summed E-state index contributed by atoms with van der Waals surface area (Å²) < 4.78 is 10.8. The molecule has 9 heteroatoms. The quantitative estimate of drug-likeness (QED) is 0.237. The van der Waals surface area contributed by atoms with Gasteiger partial charge in [-0.15, -0.1) is 24.0 Å². The molecule has 8 nitrogen and oxygen atoms in total. The summed E-state index contributed by atoms with van der Waals surface area (Å²) in [4.78, 5) is 18.6. The van der Waals surface area contributed by atoms with Crippen LogP contribution in [0, 0.1) is 0 Å². The smallest absolute Gasteiger partial charge is 0.265 e.